The van der Waals surface area contributed by atoms with E-state index in [9.17, 15) is 9.59 Å². The topological polar surface area (TPSA) is 52.6 Å². The third kappa shape index (κ3) is 3.68. The average Bonchev–Trinajstić information content (AvgIpc) is 2.41. The van der Waals surface area contributed by atoms with E-state index in [1.807, 2.05) is 19.1 Å². The zero-order valence-electron chi connectivity index (χ0n) is 11.3. The smallest absolute Gasteiger partial charge is 0.343 e. The SMILES string of the molecule is CC(=O)Oc1ccc(OC(=O)c2ccc(C)cc2)cc1. The molecule has 0 radical (unpaired) electrons. The van der Waals surface area contributed by atoms with Gasteiger partial charge in [-0.3, -0.25) is 4.79 Å². The highest BCUT2D eigenvalue weighted by molar-refractivity contribution is 5.91. The van der Waals surface area contributed by atoms with Crippen LogP contribution in [0.2, 0.25) is 0 Å². The molecule has 0 aliphatic heterocycles. The second-order valence-corrected chi connectivity index (χ2v) is 4.32. The standard InChI is InChI=1S/C16H14O4/c1-11-3-5-13(6-4-11)16(18)20-15-9-7-14(8-10-15)19-12(2)17/h3-10H,1-2H3. The number of aryl methyl sites for hydroxylation is 1. The summed E-state index contributed by atoms with van der Waals surface area (Å²) in [7, 11) is 0. The number of hydrogen-bond donors (Lipinski definition) is 0. The first-order valence-electron chi connectivity index (χ1n) is 6.12. The van der Waals surface area contributed by atoms with Gasteiger partial charge in [0.25, 0.3) is 0 Å². The second kappa shape index (κ2) is 6.02. The van der Waals surface area contributed by atoms with Crippen LogP contribution in [0.5, 0.6) is 11.5 Å². The van der Waals surface area contributed by atoms with Gasteiger partial charge in [0.2, 0.25) is 0 Å². The van der Waals surface area contributed by atoms with Crippen LogP contribution in [-0.2, 0) is 4.79 Å². The minimum atomic E-state index is -0.426. The molecular weight excluding hydrogens is 256 g/mol. The Labute approximate surface area is 116 Å². The van der Waals surface area contributed by atoms with Gasteiger partial charge in [0, 0.05) is 6.92 Å². The molecule has 4 heteroatoms. The number of carbonyl (C=O) groups excluding carboxylic acids is 2. The highest BCUT2D eigenvalue weighted by Gasteiger charge is 2.08. The Morgan fingerprint density at radius 1 is 0.800 bits per heavy atom. The van der Waals surface area contributed by atoms with Crippen molar-refractivity contribution in [2.45, 2.75) is 13.8 Å². The lowest BCUT2D eigenvalue weighted by molar-refractivity contribution is -0.131. The van der Waals surface area contributed by atoms with Crippen molar-refractivity contribution in [3.63, 3.8) is 0 Å². The summed E-state index contributed by atoms with van der Waals surface area (Å²) in [6.07, 6.45) is 0. The van der Waals surface area contributed by atoms with E-state index in [1.165, 1.54) is 6.92 Å². The van der Waals surface area contributed by atoms with E-state index in [0.717, 1.165) is 5.56 Å². The minimum Gasteiger partial charge on any atom is -0.427 e. The van der Waals surface area contributed by atoms with Crippen LogP contribution >= 0.6 is 0 Å². The minimum absolute atomic E-state index is 0.394. The summed E-state index contributed by atoms with van der Waals surface area (Å²) in [5, 5.41) is 0. The number of rotatable bonds is 3. The number of ether oxygens (including phenoxy) is 2. The summed E-state index contributed by atoms with van der Waals surface area (Å²) in [6, 6.07) is 13.4. The molecule has 0 unspecified atom stereocenters. The average molecular weight is 270 g/mol. The van der Waals surface area contributed by atoms with Gasteiger partial charge in [-0.05, 0) is 43.3 Å². The van der Waals surface area contributed by atoms with E-state index >= 15 is 0 Å². The molecule has 0 saturated heterocycles. The second-order valence-electron chi connectivity index (χ2n) is 4.32. The Bertz CT molecular complexity index is 612. The zero-order chi connectivity index (χ0) is 14.5. The highest BCUT2D eigenvalue weighted by atomic mass is 16.5. The molecule has 0 heterocycles. The van der Waals surface area contributed by atoms with Gasteiger partial charge in [-0.1, -0.05) is 17.7 Å². The molecule has 0 spiro atoms. The molecule has 0 aliphatic carbocycles. The molecule has 0 atom stereocenters. The Morgan fingerprint density at radius 3 is 1.80 bits per heavy atom. The maximum Gasteiger partial charge on any atom is 0.343 e. The third-order valence-corrected chi connectivity index (χ3v) is 2.58. The highest BCUT2D eigenvalue weighted by Crippen LogP contribution is 2.19. The van der Waals surface area contributed by atoms with E-state index in [4.69, 9.17) is 9.47 Å². The first kappa shape index (κ1) is 13.8. The summed E-state index contributed by atoms with van der Waals surface area (Å²) in [6.45, 7) is 3.27. The van der Waals surface area contributed by atoms with Gasteiger partial charge < -0.3 is 9.47 Å². The van der Waals surface area contributed by atoms with E-state index in [1.54, 1.807) is 36.4 Å². The molecule has 0 amide bonds. The largest absolute Gasteiger partial charge is 0.427 e. The lowest BCUT2D eigenvalue weighted by Crippen LogP contribution is -2.08. The molecule has 0 aromatic heterocycles. The van der Waals surface area contributed by atoms with Gasteiger partial charge in [0.15, 0.2) is 0 Å². The number of esters is 2. The Balaban J connectivity index is 2.04. The lowest BCUT2D eigenvalue weighted by Gasteiger charge is -2.06. The molecule has 2 rings (SSSR count). The predicted octanol–water partition coefficient (Wildman–Crippen LogP) is 3.14. The molecule has 0 aliphatic rings. The monoisotopic (exact) mass is 270 g/mol. The number of hydrogen-bond acceptors (Lipinski definition) is 4. The summed E-state index contributed by atoms with van der Waals surface area (Å²) < 4.78 is 10.1. The first-order chi connectivity index (χ1) is 9.54. The summed E-state index contributed by atoms with van der Waals surface area (Å²) >= 11 is 0. The van der Waals surface area contributed by atoms with Crippen LogP contribution in [0.15, 0.2) is 48.5 Å². The van der Waals surface area contributed by atoms with Gasteiger partial charge in [-0.25, -0.2) is 4.79 Å². The molecule has 0 N–H and O–H groups in total. The van der Waals surface area contributed by atoms with Crippen LogP contribution in [0.4, 0.5) is 0 Å². The number of carbonyl (C=O) groups is 2. The van der Waals surface area contributed by atoms with Crippen molar-refractivity contribution in [3.05, 3.63) is 59.7 Å². The van der Waals surface area contributed by atoms with Crippen molar-refractivity contribution in [1.82, 2.24) is 0 Å². The van der Waals surface area contributed by atoms with Gasteiger partial charge in [0.1, 0.15) is 11.5 Å². The molecule has 0 saturated carbocycles. The van der Waals surface area contributed by atoms with Crippen LogP contribution < -0.4 is 9.47 Å². The van der Waals surface area contributed by atoms with Crippen LogP contribution in [0, 0.1) is 6.92 Å². The summed E-state index contributed by atoms with van der Waals surface area (Å²) in [5.74, 6) is -0.0150. The Hall–Kier alpha value is -2.62. The fraction of sp³-hybridized carbons (Fsp3) is 0.125. The van der Waals surface area contributed by atoms with E-state index < -0.39 is 11.9 Å². The molecule has 4 nitrogen and oxygen atoms in total. The number of benzene rings is 2. The van der Waals surface area contributed by atoms with Crippen molar-refractivity contribution in [3.8, 4) is 11.5 Å². The lowest BCUT2D eigenvalue weighted by atomic mass is 10.1. The van der Waals surface area contributed by atoms with E-state index in [0.29, 0.717) is 17.1 Å². The molecule has 0 bridgehead atoms. The van der Waals surface area contributed by atoms with Gasteiger partial charge >= 0.3 is 11.9 Å². The fourth-order valence-corrected chi connectivity index (χ4v) is 1.60. The van der Waals surface area contributed by atoms with Crippen molar-refractivity contribution < 1.29 is 19.1 Å². The van der Waals surface area contributed by atoms with Gasteiger partial charge in [-0.15, -0.1) is 0 Å². The predicted molar refractivity (Wildman–Crippen MR) is 73.9 cm³/mol. The van der Waals surface area contributed by atoms with Crippen molar-refractivity contribution in [2.24, 2.45) is 0 Å². The third-order valence-electron chi connectivity index (χ3n) is 2.58. The van der Waals surface area contributed by atoms with E-state index in [-0.39, 0.29) is 0 Å². The van der Waals surface area contributed by atoms with Crippen LogP contribution in [0.1, 0.15) is 22.8 Å². The Morgan fingerprint density at radius 2 is 1.30 bits per heavy atom. The molecule has 0 fully saturated rings. The van der Waals surface area contributed by atoms with Crippen LogP contribution in [-0.4, -0.2) is 11.9 Å². The van der Waals surface area contributed by atoms with Crippen molar-refractivity contribution in [1.29, 1.82) is 0 Å². The quantitative estimate of drug-likeness (QED) is 0.635. The van der Waals surface area contributed by atoms with Crippen molar-refractivity contribution in [2.75, 3.05) is 0 Å². The molecule has 2 aromatic rings. The maximum atomic E-state index is 11.9. The molecule has 20 heavy (non-hydrogen) atoms. The molecule has 102 valence electrons. The van der Waals surface area contributed by atoms with Gasteiger partial charge in [-0.2, -0.15) is 0 Å². The normalized spacial score (nSPS) is 9.90. The van der Waals surface area contributed by atoms with Crippen LogP contribution in [0.25, 0.3) is 0 Å². The van der Waals surface area contributed by atoms with Gasteiger partial charge in [0.05, 0.1) is 5.56 Å². The zero-order valence-corrected chi connectivity index (χ0v) is 11.3. The molecule has 2 aromatic carbocycles. The fourth-order valence-electron chi connectivity index (χ4n) is 1.60. The molecular formula is C16H14O4. The van der Waals surface area contributed by atoms with Crippen LogP contribution in [0.3, 0.4) is 0 Å². The summed E-state index contributed by atoms with van der Waals surface area (Å²) in [5.41, 5.74) is 1.56. The summed E-state index contributed by atoms with van der Waals surface area (Å²) in [4.78, 5) is 22.7. The van der Waals surface area contributed by atoms with Crippen molar-refractivity contribution >= 4 is 11.9 Å². The Kier molecular flexibility index (Phi) is 4.15. The maximum absolute atomic E-state index is 11.9. The first-order valence-corrected chi connectivity index (χ1v) is 6.12. The van der Waals surface area contributed by atoms with E-state index in [2.05, 4.69) is 0 Å².